The van der Waals surface area contributed by atoms with Crippen molar-refractivity contribution in [2.24, 2.45) is 0 Å². The Morgan fingerprint density at radius 2 is 2.05 bits per heavy atom. The van der Waals surface area contributed by atoms with Crippen molar-refractivity contribution in [3.63, 3.8) is 0 Å². The van der Waals surface area contributed by atoms with Crippen molar-refractivity contribution in [1.29, 1.82) is 0 Å². The van der Waals surface area contributed by atoms with Crippen LogP contribution in [-0.4, -0.2) is 7.11 Å². The molecule has 0 aromatic heterocycles. The van der Waals surface area contributed by atoms with Crippen molar-refractivity contribution in [2.45, 2.75) is 17.2 Å². The number of rotatable bonds is 3. The number of ether oxygens (including phenoxy) is 1. The average molecular weight is 321 g/mol. The van der Waals surface area contributed by atoms with Crippen LogP contribution in [0.1, 0.15) is 27.4 Å². The van der Waals surface area contributed by atoms with E-state index in [0.717, 1.165) is 6.42 Å². The van der Waals surface area contributed by atoms with Gasteiger partial charge < -0.3 is 4.74 Å². The Morgan fingerprint density at radius 3 is 2.74 bits per heavy atom. The van der Waals surface area contributed by atoms with E-state index in [2.05, 4.69) is 28.1 Å². The summed E-state index contributed by atoms with van der Waals surface area (Å²) in [6.45, 7) is 0. The standard InChI is InChI=1S/C16H14BrFO/c1-19-11-6-7-13(15(18)9-11)16(17)14-8-10-4-2-3-5-12(10)14/h2-7,9,14,16H,8H2,1H3. The zero-order valence-corrected chi connectivity index (χ0v) is 12.2. The van der Waals surface area contributed by atoms with E-state index < -0.39 is 0 Å². The maximum atomic E-state index is 14.1. The molecule has 0 radical (unpaired) electrons. The molecule has 0 aliphatic heterocycles. The summed E-state index contributed by atoms with van der Waals surface area (Å²) in [6, 6.07) is 13.4. The SMILES string of the molecule is COc1ccc(C(Br)C2Cc3ccccc32)c(F)c1. The highest BCUT2D eigenvalue weighted by Gasteiger charge is 2.33. The summed E-state index contributed by atoms with van der Waals surface area (Å²) >= 11 is 3.65. The molecule has 1 aliphatic rings. The molecule has 2 aromatic carbocycles. The fourth-order valence-corrected chi connectivity index (χ4v) is 3.48. The number of hydrogen-bond acceptors (Lipinski definition) is 1. The lowest BCUT2D eigenvalue weighted by Crippen LogP contribution is -2.21. The second kappa shape index (κ2) is 4.97. The first-order chi connectivity index (χ1) is 9.20. The fourth-order valence-electron chi connectivity index (χ4n) is 2.63. The molecular weight excluding hydrogens is 307 g/mol. The molecule has 98 valence electrons. The minimum Gasteiger partial charge on any atom is -0.497 e. The third-order valence-corrected chi connectivity index (χ3v) is 4.88. The molecule has 0 saturated carbocycles. The highest BCUT2D eigenvalue weighted by atomic mass is 79.9. The van der Waals surface area contributed by atoms with Gasteiger partial charge >= 0.3 is 0 Å². The monoisotopic (exact) mass is 320 g/mol. The molecule has 1 nitrogen and oxygen atoms in total. The van der Waals surface area contributed by atoms with Gasteiger partial charge in [0.25, 0.3) is 0 Å². The van der Waals surface area contributed by atoms with Crippen LogP contribution in [0.25, 0.3) is 0 Å². The summed E-state index contributed by atoms with van der Waals surface area (Å²) in [5.41, 5.74) is 3.38. The molecule has 0 amide bonds. The predicted molar refractivity (Wildman–Crippen MR) is 77.5 cm³/mol. The Labute approximate surface area is 120 Å². The molecule has 2 atom stereocenters. The third kappa shape index (κ3) is 2.16. The van der Waals surface area contributed by atoms with Crippen LogP contribution in [0.3, 0.4) is 0 Å². The predicted octanol–water partition coefficient (Wildman–Crippen LogP) is 4.61. The van der Waals surface area contributed by atoms with E-state index in [1.54, 1.807) is 19.2 Å². The lowest BCUT2D eigenvalue weighted by molar-refractivity contribution is 0.410. The van der Waals surface area contributed by atoms with Gasteiger partial charge in [0.15, 0.2) is 0 Å². The van der Waals surface area contributed by atoms with Gasteiger partial charge in [-0.2, -0.15) is 0 Å². The lowest BCUT2D eigenvalue weighted by atomic mass is 9.74. The summed E-state index contributed by atoms with van der Waals surface area (Å²) in [5.74, 6) is 0.680. The minimum atomic E-state index is -0.217. The number of fused-ring (bicyclic) bond motifs is 1. The molecule has 2 aromatic rings. The smallest absolute Gasteiger partial charge is 0.131 e. The van der Waals surface area contributed by atoms with Crippen LogP contribution in [0, 0.1) is 5.82 Å². The zero-order chi connectivity index (χ0) is 13.4. The van der Waals surface area contributed by atoms with Gasteiger partial charge in [-0.3, -0.25) is 0 Å². The largest absolute Gasteiger partial charge is 0.497 e. The van der Waals surface area contributed by atoms with E-state index in [-0.39, 0.29) is 10.6 Å². The molecule has 1 aliphatic carbocycles. The number of methoxy groups -OCH3 is 1. The Bertz CT molecular complexity index is 611. The van der Waals surface area contributed by atoms with Gasteiger partial charge in [0.05, 0.1) is 7.11 Å². The van der Waals surface area contributed by atoms with Crippen molar-refractivity contribution in [3.05, 3.63) is 65.0 Å². The van der Waals surface area contributed by atoms with Gasteiger partial charge in [0.1, 0.15) is 11.6 Å². The topological polar surface area (TPSA) is 9.23 Å². The highest BCUT2D eigenvalue weighted by Crippen LogP contribution is 2.48. The van der Waals surface area contributed by atoms with Crippen LogP contribution >= 0.6 is 15.9 Å². The average Bonchev–Trinajstić information content (AvgIpc) is 2.39. The second-order valence-electron chi connectivity index (χ2n) is 4.80. The van der Waals surface area contributed by atoms with Gasteiger partial charge in [0, 0.05) is 22.4 Å². The van der Waals surface area contributed by atoms with E-state index in [9.17, 15) is 4.39 Å². The van der Waals surface area contributed by atoms with E-state index in [1.165, 1.54) is 17.2 Å². The molecule has 3 rings (SSSR count). The van der Waals surface area contributed by atoms with E-state index in [4.69, 9.17) is 4.74 Å². The van der Waals surface area contributed by atoms with Gasteiger partial charge in [-0.05, 0) is 23.6 Å². The maximum Gasteiger partial charge on any atom is 0.131 e. The van der Waals surface area contributed by atoms with Gasteiger partial charge in [0.2, 0.25) is 0 Å². The molecular formula is C16H14BrFO. The molecule has 2 unspecified atom stereocenters. The molecule has 0 N–H and O–H groups in total. The van der Waals surface area contributed by atoms with Crippen molar-refractivity contribution in [1.82, 2.24) is 0 Å². The van der Waals surface area contributed by atoms with Gasteiger partial charge in [-0.1, -0.05) is 46.3 Å². The number of benzene rings is 2. The van der Waals surface area contributed by atoms with Crippen LogP contribution < -0.4 is 4.74 Å². The van der Waals surface area contributed by atoms with E-state index in [0.29, 0.717) is 17.2 Å². The van der Waals surface area contributed by atoms with E-state index >= 15 is 0 Å². The van der Waals surface area contributed by atoms with Crippen LogP contribution in [0.5, 0.6) is 5.75 Å². The number of alkyl halides is 1. The van der Waals surface area contributed by atoms with Crippen LogP contribution in [0.15, 0.2) is 42.5 Å². The molecule has 0 heterocycles. The van der Waals surface area contributed by atoms with Crippen molar-refractivity contribution in [3.8, 4) is 5.75 Å². The highest BCUT2D eigenvalue weighted by molar-refractivity contribution is 9.09. The first kappa shape index (κ1) is 12.7. The van der Waals surface area contributed by atoms with Crippen molar-refractivity contribution >= 4 is 15.9 Å². The zero-order valence-electron chi connectivity index (χ0n) is 10.6. The Balaban J connectivity index is 1.88. The summed E-state index contributed by atoms with van der Waals surface area (Å²) < 4.78 is 19.1. The first-order valence-corrected chi connectivity index (χ1v) is 7.17. The first-order valence-electron chi connectivity index (χ1n) is 6.26. The maximum absolute atomic E-state index is 14.1. The summed E-state index contributed by atoms with van der Waals surface area (Å²) in [7, 11) is 1.54. The molecule has 3 heteroatoms. The molecule has 0 spiro atoms. The van der Waals surface area contributed by atoms with Crippen molar-refractivity contribution < 1.29 is 9.13 Å². The number of hydrogen-bond donors (Lipinski definition) is 0. The van der Waals surface area contributed by atoms with Gasteiger partial charge in [-0.15, -0.1) is 0 Å². The summed E-state index contributed by atoms with van der Waals surface area (Å²) in [5, 5.41) is 0. The Hall–Kier alpha value is -1.35. The van der Waals surface area contributed by atoms with Crippen LogP contribution in [0.2, 0.25) is 0 Å². The second-order valence-corrected chi connectivity index (χ2v) is 5.79. The Kier molecular flexibility index (Phi) is 3.31. The van der Waals surface area contributed by atoms with Gasteiger partial charge in [-0.25, -0.2) is 4.39 Å². The fraction of sp³-hybridized carbons (Fsp3) is 0.250. The van der Waals surface area contributed by atoms with Crippen LogP contribution in [-0.2, 0) is 6.42 Å². The lowest BCUT2D eigenvalue weighted by Gasteiger charge is -2.34. The summed E-state index contributed by atoms with van der Waals surface area (Å²) in [4.78, 5) is 0.00769. The quantitative estimate of drug-likeness (QED) is 0.750. The molecule has 0 saturated heterocycles. The summed E-state index contributed by atoms with van der Waals surface area (Å²) in [6.07, 6.45) is 0.998. The molecule has 19 heavy (non-hydrogen) atoms. The van der Waals surface area contributed by atoms with Crippen LogP contribution in [0.4, 0.5) is 4.39 Å². The van der Waals surface area contributed by atoms with E-state index in [1.807, 2.05) is 12.1 Å². The Morgan fingerprint density at radius 1 is 1.26 bits per heavy atom. The normalized spacial score (nSPS) is 18.4. The minimum absolute atomic E-state index is 0.00769. The molecule has 0 bridgehead atoms. The van der Waals surface area contributed by atoms with Crippen molar-refractivity contribution in [2.75, 3.05) is 7.11 Å². The third-order valence-electron chi connectivity index (χ3n) is 3.75. The molecule has 0 fully saturated rings. The number of halogens is 2.